The Kier molecular flexibility index (Phi) is 4.41. The summed E-state index contributed by atoms with van der Waals surface area (Å²) >= 11 is 0. The van der Waals surface area contributed by atoms with Crippen molar-refractivity contribution in [2.75, 3.05) is 32.1 Å². The molecule has 2 unspecified atom stereocenters. The fraction of sp³-hybridized carbons (Fsp3) is 0.316. The number of rotatable bonds is 2. The second-order valence-electron chi connectivity index (χ2n) is 6.93. The average molecular weight is 387 g/mol. The van der Waals surface area contributed by atoms with E-state index in [1.165, 1.54) is 0 Å². The number of methoxy groups -OCH3 is 1. The molecule has 2 aromatic carbocycles. The zero-order valence-electron chi connectivity index (χ0n) is 14.9. The Morgan fingerprint density at radius 2 is 1.96 bits per heavy atom. The number of amides is 1. The molecule has 2 heterocycles. The molecule has 2 aliphatic rings. The van der Waals surface area contributed by atoms with Crippen LogP contribution in [-0.4, -0.2) is 47.6 Å². The van der Waals surface area contributed by atoms with Crippen LogP contribution in [0.1, 0.15) is 16.8 Å². The van der Waals surface area contributed by atoms with Crippen LogP contribution in [0.25, 0.3) is 0 Å². The number of benzene rings is 2. The number of hydrogen-bond donors (Lipinski definition) is 2. The molecule has 27 heavy (non-hydrogen) atoms. The van der Waals surface area contributed by atoms with E-state index < -0.39 is 15.9 Å². The number of fused-ring (bicyclic) bond motifs is 1. The maximum atomic E-state index is 12.9. The number of sulfonamides is 1. The van der Waals surface area contributed by atoms with E-state index in [9.17, 15) is 13.6 Å². The van der Waals surface area contributed by atoms with Gasteiger partial charge in [-0.2, -0.15) is 0 Å². The first-order valence-electron chi connectivity index (χ1n) is 8.73. The largest absolute Gasteiger partial charge is 0.593 e. The number of hydrogen-bond acceptors (Lipinski definition) is 5. The first kappa shape index (κ1) is 18.0. The molecule has 0 saturated carbocycles. The van der Waals surface area contributed by atoms with E-state index in [0.717, 1.165) is 0 Å². The van der Waals surface area contributed by atoms with Gasteiger partial charge in [-0.15, -0.1) is 4.72 Å². The van der Waals surface area contributed by atoms with Crippen molar-refractivity contribution in [3.8, 4) is 5.75 Å². The summed E-state index contributed by atoms with van der Waals surface area (Å²) in [7, 11) is -1.99. The zero-order valence-corrected chi connectivity index (χ0v) is 15.8. The predicted octanol–water partition coefficient (Wildman–Crippen LogP) is 1.90. The van der Waals surface area contributed by atoms with Crippen LogP contribution in [0.3, 0.4) is 0 Å². The molecule has 2 aliphatic heterocycles. The fourth-order valence-electron chi connectivity index (χ4n) is 3.65. The van der Waals surface area contributed by atoms with Gasteiger partial charge in [0.1, 0.15) is 5.75 Å². The van der Waals surface area contributed by atoms with Crippen LogP contribution in [0, 0.1) is 0 Å². The van der Waals surface area contributed by atoms with Crippen molar-refractivity contribution in [2.45, 2.75) is 16.9 Å². The first-order valence-corrected chi connectivity index (χ1v) is 10.2. The van der Waals surface area contributed by atoms with Crippen molar-refractivity contribution < 1.29 is 18.3 Å². The summed E-state index contributed by atoms with van der Waals surface area (Å²) in [5.74, 6) is 0.623. The van der Waals surface area contributed by atoms with Crippen molar-refractivity contribution >= 4 is 22.0 Å². The summed E-state index contributed by atoms with van der Waals surface area (Å²) in [5.41, 5.74) is 0.630. The third-order valence-electron chi connectivity index (χ3n) is 5.15. The van der Waals surface area contributed by atoms with Crippen LogP contribution in [0.5, 0.6) is 5.75 Å². The molecular weight excluding hydrogens is 366 g/mol. The lowest BCUT2D eigenvalue weighted by Crippen LogP contribution is -2.50. The van der Waals surface area contributed by atoms with Gasteiger partial charge in [0, 0.05) is 18.7 Å². The van der Waals surface area contributed by atoms with Gasteiger partial charge in [-0.3, -0.25) is 4.79 Å². The highest BCUT2D eigenvalue weighted by atomic mass is 32.3. The molecule has 2 aromatic rings. The minimum atomic E-state index is -3.57. The number of para-hydroxylation sites is 1. The molecule has 7 nitrogen and oxygen atoms in total. The molecule has 0 aromatic heterocycles. The second kappa shape index (κ2) is 6.63. The average Bonchev–Trinajstić information content (AvgIpc) is 3.06. The van der Waals surface area contributed by atoms with E-state index in [4.69, 9.17) is 4.74 Å². The van der Waals surface area contributed by atoms with Crippen LogP contribution in [-0.2, 0) is 14.6 Å². The summed E-state index contributed by atoms with van der Waals surface area (Å²) in [6.45, 7) is 1.22. The van der Waals surface area contributed by atoms with E-state index in [2.05, 4.69) is 10.0 Å². The summed E-state index contributed by atoms with van der Waals surface area (Å²) in [6, 6.07) is 13.8. The summed E-state index contributed by atoms with van der Waals surface area (Å²) in [5, 5.41) is 3.39. The van der Waals surface area contributed by atoms with E-state index >= 15 is 0 Å². The predicted molar refractivity (Wildman–Crippen MR) is 101 cm³/mol. The Labute approximate surface area is 159 Å². The maximum Gasteiger partial charge on any atom is 0.253 e. The minimum absolute atomic E-state index is 0.0725. The molecule has 1 fully saturated rings. The Balaban J connectivity index is 1.56. The van der Waals surface area contributed by atoms with Crippen LogP contribution in [0.15, 0.2) is 53.4 Å². The SMILES string of the molecule is COc1ccc(C(=O)N2CCC3(CN[S+](=O)([O-])c4ccccc4N3)C2)cc1. The van der Waals surface area contributed by atoms with Gasteiger partial charge in [0.15, 0.2) is 15.3 Å². The van der Waals surface area contributed by atoms with Gasteiger partial charge >= 0.3 is 0 Å². The monoisotopic (exact) mass is 387 g/mol. The van der Waals surface area contributed by atoms with Gasteiger partial charge in [0.25, 0.3) is 5.91 Å². The smallest absolute Gasteiger partial charge is 0.253 e. The Morgan fingerprint density at radius 3 is 2.70 bits per heavy atom. The third kappa shape index (κ3) is 3.31. The number of nitrogens with one attached hydrogen (secondary N) is 2. The molecule has 0 bridgehead atoms. The molecular formula is C19H21N3O4S. The lowest BCUT2D eigenvalue weighted by molar-refractivity contribution is 0.0786. The molecule has 1 saturated heterocycles. The highest BCUT2D eigenvalue weighted by molar-refractivity contribution is 7.96. The molecule has 4 rings (SSSR count). The topological polar surface area (TPSA) is 93.7 Å². The standard InChI is InChI=1S/C19H21N3O4S/c1-26-15-8-6-14(7-9-15)18(23)22-11-10-19(13-22)12-20-27(24,25)17-5-3-2-4-16(17)21-19/h2-9H,10-13H2,1H3,(H2-,20,21,24,25). The Hall–Kier alpha value is -2.42. The van der Waals surface area contributed by atoms with Gasteiger partial charge in [-0.25, -0.2) is 0 Å². The molecule has 8 heteroatoms. The van der Waals surface area contributed by atoms with Crippen LogP contribution >= 0.6 is 0 Å². The van der Waals surface area contributed by atoms with Gasteiger partial charge in [0.05, 0.1) is 24.9 Å². The quantitative estimate of drug-likeness (QED) is 0.768. The van der Waals surface area contributed by atoms with E-state index in [-0.39, 0.29) is 17.3 Å². The molecule has 2 N–H and O–H groups in total. The zero-order chi connectivity index (χ0) is 19.1. The Morgan fingerprint density at radius 1 is 1.22 bits per heavy atom. The highest BCUT2D eigenvalue weighted by Gasteiger charge is 2.45. The minimum Gasteiger partial charge on any atom is -0.593 e. The van der Waals surface area contributed by atoms with Gasteiger partial charge in [0.2, 0.25) is 0 Å². The van der Waals surface area contributed by atoms with Crippen molar-refractivity contribution in [1.82, 2.24) is 9.62 Å². The molecule has 0 aliphatic carbocycles. The molecule has 1 amide bonds. The van der Waals surface area contributed by atoms with Crippen molar-refractivity contribution in [3.63, 3.8) is 0 Å². The maximum absolute atomic E-state index is 12.9. The number of carbonyl (C=O) groups is 1. The van der Waals surface area contributed by atoms with E-state index in [1.807, 2.05) is 0 Å². The third-order valence-corrected chi connectivity index (χ3v) is 6.61. The van der Waals surface area contributed by atoms with Crippen molar-refractivity contribution in [1.29, 1.82) is 0 Å². The van der Waals surface area contributed by atoms with E-state index in [1.54, 1.807) is 60.5 Å². The van der Waals surface area contributed by atoms with Crippen LogP contribution in [0.4, 0.5) is 5.69 Å². The number of likely N-dealkylation sites (tertiary alicyclic amines) is 1. The summed E-state index contributed by atoms with van der Waals surface area (Å²) in [6.07, 6.45) is 0.658. The number of anilines is 1. The number of carbonyl (C=O) groups excluding carboxylic acids is 1. The normalized spacial score (nSPS) is 27.0. The molecule has 2 atom stereocenters. The molecule has 0 radical (unpaired) electrons. The summed E-state index contributed by atoms with van der Waals surface area (Å²) < 4.78 is 32.8. The van der Waals surface area contributed by atoms with Crippen LogP contribution < -0.4 is 14.8 Å². The molecule has 142 valence electrons. The lowest BCUT2D eigenvalue weighted by Gasteiger charge is -2.29. The highest BCUT2D eigenvalue weighted by Crippen LogP contribution is 2.34. The number of ether oxygens (including phenoxy) is 1. The van der Waals surface area contributed by atoms with Crippen molar-refractivity contribution in [2.24, 2.45) is 0 Å². The Bertz CT molecular complexity index is 917. The van der Waals surface area contributed by atoms with Gasteiger partial charge in [-0.1, -0.05) is 16.3 Å². The van der Waals surface area contributed by atoms with Gasteiger partial charge in [-0.05, 0) is 42.8 Å². The summed E-state index contributed by atoms with van der Waals surface area (Å²) in [4.78, 5) is 14.8. The fourth-order valence-corrected chi connectivity index (χ4v) is 4.94. The van der Waals surface area contributed by atoms with Crippen LogP contribution in [0.2, 0.25) is 0 Å². The number of nitrogens with zero attached hydrogens (tertiary/aromatic N) is 1. The lowest BCUT2D eigenvalue weighted by atomic mass is 9.98. The van der Waals surface area contributed by atoms with E-state index in [0.29, 0.717) is 36.5 Å². The molecule has 1 spiro atoms. The second-order valence-corrected chi connectivity index (χ2v) is 8.67. The van der Waals surface area contributed by atoms with Gasteiger partial charge < -0.3 is 19.5 Å². The van der Waals surface area contributed by atoms with Crippen molar-refractivity contribution in [3.05, 3.63) is 54.1 Å². The first-order chi connectivity index (χ1) is 12.9.